The van der Waals surface area contributed by atoms with E-state index in [0.29, 0.717) is 47.1 Å². The number of benzene rings is 2. The summed E-state index contributed by atoms with van der Waals surface area (Å²) in [5.74, 6) is 1.61. The van der Waals surface area contributed by atoms with Crippen LogP contribution in [-0.2, 0) is 0 Å². The second-order valence-corrected chi connectivity index (χ2v) is 7.24. The Labute approximate surface area is 191 Å². The number of fused-ring (bicyclic) bond motifs is 1. The molecule has 0 radical (unpaired) electrons. The number of nitrogens with one attached hydrogen (secondary N) is 1. The number of carbonyl (C=O) groups excluding carboxylic acids is 1. The molecule has 4 N–H and O–H groups in total. The second-order valence-electron chi connectivity index (χ2n) is 7.24. The first kappa shape index (κ1) is 22.3. The molecule has 4 rings (SSSR count). The number of aliphatic hydroxyl groups is 1. The lowest BCUT2D eigenvalue weighted by Crippen LogP contribution is -2.26. The lowest BCUT2D eigenvalue weighted by atomic mass is 10.0. The lowest BCUT2D eigenvalue weighted by molar-refractivity contribution is 0.0945. The lowest BCUT2D eigenvalue weighted by Gasteiger charge is -2.10. The van der Waals surface area contributed by atoms with Crippen molar-refractivity contribution < 1.29 is 23.8 Å². The van der Waals surface area contributed by atoms with Gasteiger partial charge < -0.3 is 30.0 Å². The first-order chi connectivity index (χ1) is 16.1. The number of rotatable bonds is 9. The molecule has 8 heteroatoms. The zero-order chi connectivity index (χ0) is 23.2. The molecule has 0 bridgehead atoms. The number of ether oxygens (including phenoxy) is 2. The minimum Gasteiger partial charge on any atom is -0.496 e. The van der Waals surface area contributed by atoms with E-state index in [1.54, 1.807) is 31.5 Å². The number of aliphatic hydroxyl groups excluding tert-OH is 1. The molecule has 1 amide bonds. The molecule has 2 aromatic heterocycles. The Morgan fingerprint density at radius 2 is 2.03 bits per heavy atom. The second kappa shape index (κ2) is 10.2. The van der Waals surface area contributed by atoms with Crippen LogP contribution in [0.25, 0.3) is 33.6 Å². The SMILES string of the molecule is COc1cc(OCCN)ccc1-c1cc2nccc(-c3cccc(C(=O)NCCO)c3)c2o1. The zero-order valence-corrected chi connectivity index (χ0v) is 18.2. The smallest absolute Gasteiger partial charge is 0.251 e. The van der Waals surface area contributed by atoms with E-state index in [9.17, 15) is 4.79 Å². The Kier molecular flexibility index (Phi) is 6.87. The van der Waals surface area contributed by atoms with Gasteiger partial charge in [-0.2, -0.15) is 0 Å². The molecule has 0 aliphatic rings. The van der Waals surface area contributed by atoms with E-state index in [1.807, 2.05) is 36.4 Å². The van der Waals surface area contributed by atoms with Crippen LogP contribution in [0.4, 0.5) is 0 Å². The highest BCUT2D eigenvalue weighted by Gasteiger charge is 2.17. The third-order valence-corrected chi connectivity index (χ3v) is 5.07. The standard InChI is InChI=1S/C25H25N3O5/c1-31-22-14-18(32-12-8-26)5-6-20(22)23-15-21-24(33-23)19(7-9-27-21)16-3-2-4-17(13-16)25(30)28-10-11-29/h2-7,9,13-15,29H,8,10-12,26H2,1H3,(H,28,30). The molecule has 0 fully saturated rings. The molecule has 2 heterocycles. The molecule has 0 aliphatic heterocycles. The van der Waals surface area contributed by atoms with Gasteiger partial charge in [0.1, 0.15) is 29.4 Å². The van der Waals surface area contributed by atoms with Crippen LogP contribution >= 0.6 is 0 Å². The van der Waals surface area contributed by atoms with Crippen molar-refractivity contribution in [3.05, 3.63) is 66.4 Å². The molecule has 0 unspecified atom stereocenters. The van der Waals surface area contributed by atoms with Gasteiger partial charge in [-0.05, 0) is 35.9 Å². The highest BCUT2D eigenvalue weighted by atomic mass is 16.5. The van der Waals surface area contributed by atoms with Crippen LogP contribution < -0.4 is 20.5 Å². The Balaban J connectivity index is 1.72. The molecule has 170 valence electrons. The molecule has 0 saturated carbocycles. The average Bonchev–Trinajstić information content (AvgIpc) is 3.30. The van der Waals surface area contributed by atoms with Gasteiger partial charge in [0.05, 0.1) is 19.3 Å². The molecule has 33 heavy (non-hydrogen) atoms. The summed E-state index contributed by atoms with van der Waals surface area (Å²) in [4.78, 5) is 16.8. The Bertz CT molecular complexity index is 1270. The van der Waals surface area contributed by atoms with Gasteiger partial charge in [0.25, 0.3) is 5.91 Å². The van der Waals surface area contributed by atoms with E-state index in [0.717, 1.165) is 16.7 Å². The molecule has 8 nitrogen and oxygen atoms in total. The first-order valence-corrected chi connectivity index (χ1v) is 10.5. The fourth-order valence-electron chi connectivity index (χ4n) is 3.54. The van der Waals surface area contributed by atoms with E-state index >= 15 is 0 Å². The fourth-order valence-corrected chi connectivity index (χ4v) is 3.54. The van der Waals surface area contributed by atoms with Crippen molar-refractivity contribution in [1.82, 2.24) is 10.3 Å². The molecule has 0 spiro atoms. The van der Waals surface area contributed by atoms with Crippen molar-refractivity contribution in [2.24, 2.45) is 5.73 Å². The van der Waals surface area contributed by atoms with Crippen LogP contribution in [0.1, 0.15) is 10.4 Å². The van der Waals surface area contributed by atoms with Gasteiger partial charge in [-0.15, -0.1) is 0 Å². The van der Waals surface area contributed by atoms with E-state index < -0.39 is 0 Å². The minimum absolute atomic E-state index is 0.116. The van der Waals surface area contributed by atoms with Gasteiger partial charge in [-0.1, -0.05) is 12.1 Å². The summed E-state index contributed by atoms with van der Waals surface area (Å²) in [5.41, 5.74) is 9.68. The monoisotopic (exact) mass is 447 g/mol. The van der Waals surface area contributed by atoms with Gasteiger partial charge in [0, 0.05) is 42.5 Å². The van der Waals surface area contributed by atoms with E-state index in [1.165, 1.54) is 0 Å². The summed E-state index contributed by atoms with van der Waals surface area (Å²) < 4.78 is 17.4. The van der Waals surface area contributed by atoms with Crippen LogP contribution in [0.5, 0.6) is 11.5 Å². The van der Waals surface area contributed by atoms with E-state index in [-0.39, 0.29) is 19.1 Å². The Morgan fingerprint density at radius 3 is 2.82 bits per heavy atom. The molecule has 0 saturated heterocycles. The number of methoxy groups -OCH3 is 1. The topological polar surface area (TPSA) is 120 Å². The summed E-state index contributed by atoms with van der Waals surface area (Å²) in [6.45, 7) is 0.918. The van der Waals surface area contributed by atoms with Crippen molar-refractivity contribution in [1.29, 1.82) is 0 Å². The fraction of sp³-hybridized carbons (Fsp3) is 0.200. The average molecular weight is 447 g/mol. The first-order valence-electron chi connectivity index (χ1n) is 10.5. The van der Waals surface area contributed by atoms with Crippen molar-refractivity contribution in [3.63, 3.8) is 0 Å². The van der Waals surface area contributed by atoms with Crippen LogP contribution in [0.2, 0.25) is 0 Å². The maximum Gasteiger partial charge on any atom is 0.251 e. The predicted molar refractivity (Wildman–Crippen MR) is 125 cm³/mol. The minimum atomic E-state index is -0.252. The van der Waals surface area contributed by atoms with Crippen molar-refractivity contribution in [2.75, 3.05) is 33.4 Å². The van der Waals surface area contributed by atoms with Gasteiger partial charge in [-0.25, -0.2) is 0 Å². The number of aromatic nitrogens is 1. The van der Waals surface area contributed by atoms with Gasteiger partial charge >= 0.3 is 0 Å². The van der Waals surface area contributed by atoms with Crippen molar-refractivity contribution >= 4 is 17.0 Å². The summed E-state index contributed by atoms with van der Waals surface area (Å²) in [5, 5.41) is 11.6. The largest absolute Gasteiger partial charge is 0.496 e. The molecular weight excluding hydrogens is 422 g/mol. The molecule has 4 aromatic rings. The highest BCUT2D eigenvalue weighted by molar-refractivity contribution is 5.98. The zero-order valence-electron chi connectivity index (χ0n) is 18.2. The Hall–Kier alpha value is -3.88. The summed E-state index contributed by atoms with van der Waals surface area (Å²) >= 11 is 0. The predicted octanol–water partition coefficient (Wildman–Crippen LogP) is 3.23. The number of hydrogen-bond acceptors (Lipinski definition) is 7. The summed E-state index contributed by atoms with van der Waals surface area (Å²) in [6.07, 6.45) is 1.70. The normalized spacial score (nSPS) is 10.9. The maximum atomic E-state index is 12.3. The quantitative estimate of drug-likeness (QED) is 0.360. The number of amides is 1. The van der Waals surface area contributed by atoms with Crippen molar-refractivity contribution in [2.45, 2.75) is 0 Å². The number of nitrogens with two attached hydrogens (primary N) is 1. The van der Waals surface area contributed by atoms with Crippen LogP contribution in [-0.4, -0.2) is 49.4 Å². The number of carbonyl (C=O) groups is 1. The highest BCUT2D eigenvalue weighted by Crippen LogP contribution is 2.38. The van der Waals surface area contributed by atoms with Crippen LogP contribution in [0.3, 0.4) is 0 Å². The van der Waals surface area contributed by atoms with Gasteiger partial charge in [0.2, 0.25) is 0 Å². The third-order valence-electron chi connectivity index (χ3n) is 5.07. The van der Waals surface area contributed by atoms with E-state index in [2.05, 4.69) is 10.3 Å². The van der Waals surface area contributed by atoms with Crippen molar-refractivity contribution in [3.8, 4) is 33.9 Å². The molecule has 0 aliphatic carbocycles. The third kappa shape index (κ3) is 4.82. The number of hydrogen-bond donors (Lipinski definition) is 3. The maximum absolute atomic E-state index is 12.3. The van der Waals surface area contributed by atoms with Crippen LogP contribution in [0.15, 0.2) is 65.2 Å². The molecular formula is C25H25N3O5. The summed E-state index contributed by atoms with van der Waals surface area (Å²) in [7, 11) is 1.59. The van der Waals surface area contributed by atoms with E-state index in [4.69, 9.17) is 24.7 Å². The Morgan fingerprint density at radius 1 is 1.15 bits per heavy atom. The van der Waals surface area contributed by atoms with Gasteiger partial charge in [-0.3, -0.25) is 9.78 Å². The summed E-state index contributed by atoms with van der Waals surface area (Å²) in [6, 6.07) is 16.4. The number of pyridine rings is 1. The van der Waals surface area contributed by atoms with Crippen LogP contribution in [0, 0.1) is 0 Å². The molecule has 2 aromatic carbocycles. The number of furan rings is 1. The number of nitrogens with zero attached hydrogens (tertiary/aromatic N) is 1. The molecule has 0 atom stereocenters. The van der Waals surface area contributed by atoms with Gasteiger partial charge in [0.15, 0.2) is 5.58 Å².